The van der Waals surface area contributed by atoms with E-state index >= 15 is 0 Å². The van der Waals surface area contributed by atoms with Crippen LogP contribution in [0.3, 0.4) is 0 Å². The van der Waals surface area contributed by atoms with E-state index in [0.717, 1.165) is 12.8 Å². The minimum atomic E-state index is 0.224. The Bertz CT molecular complexity index is 337. The summed E-state index contributed by atoms with van der Waals surface area (Å²) in [5, 5.41) is 0. The number of rotatable bonds is 4. The molecule has 0 bridgehead atoms. The van der Waals surface area contributed by atoms with Crippen LogP contribution in [0.25, 0.3) is 5.57 Å². The number of aryl methyl sites for hydroxylation is 1. The van der Waals surface area contributed by atoms with E-state index in [9.17, 15) is 0 Å². The molecule has 1 aromatic carbocycles. The van der Waals surface area contributed by atoms with Crippen LogP contribution in [0.5, 0.6) is 0 Å². The van der Waals surface area contributed by atoms with Crippen LogP contribution in [0.15, 0.2) is 30.3 Å². The second-order valence-electron chi connectivity index (χ2n) is 4.13. The molecule has 0 spiro atoms. The molecule has 0 heterocycles. The highest BCUT2D eigenvalue weighted by Crippen LogP contribution is 2.23. The molecular weight excluding hydrogens is 182 g/mol. The molecule has 1 aromatic rings. The Labute approximate surface area is 93.0 Å². The smallest absolute Gasteiger partial charge is 0.00510 e. The molecular formula is C14H21N. The maximum Gasteiger partial charge on any atom is 0.00510 e. The average Bonchev–Trinajstić information content (AvgIpc) is 2.17. The normalized spacial score (nSPS) is 14.0. The third-order valence-electron chi connectivity index (χ3n) is 2.48. The van der Waals surface area contributed by atoms with E-state index in [1.165, 1.54) is 16.7 Å². The largest absolute Gasteiger partial charge is 0.328 e. The van der Waals surface area contributed by atoms with Crippen molar-refractivity contribution >= 4 is 5.57 Å². The van der Waals surface area contributed by atoms with Crippen molar-refractivity contribution in [2.75, 3.05) is 0 Å². The summed E-state index contributed by atoms with van der Waals surface area (Å²) in [6.07, 6.45) is 4.31. The molecule has 1 unspecified atom stereocenters. The van der Waals surface area contributed by atoms with Gasteiger partial charge >= 0.3 is 0 Å². The highest BCUT2D eigenvalue weighted by atomic mass is 14.6. The number of nitrogens with two attached hydrogens (primary N) is 1. The Hall–Kier alpha value is -1.08. The van der Waals surface area contributed by atoms with Gasteiger partial charge in [0.25, 0.3) is 0 Å². The zero-order valence-corrected chi connectivity index (χ0v) is 9.96. The summed E-state index contributed by atoms with van der Waals surface area (Å²) in [6.45, 7) is 6.38. The molecule has 0 aliphatic heterocycles. The first-order valence-corrected chi connectivity index (χ1v) is 5.65. The molecule has 82 valence electrons. The van der Waals surface area contributed by atoms with Crippen molar-refractivity contribution in [2.24, 2.45) is 5.73 Å². The minimum absolute atomic E-state index is 0.224. The SMILES string of the molecule is CC/C=C(/CC(C)N)c1ccccc1C. The highest BCUT2D eigenvalue weighted by Gasteiger charge is 2.06. The topological polar surface area (TPSA) is 26.0 Å². The summed E-state index contributed by atoms with van der Waals surface area (Å²) < 4.78 is 0. The average molecular weight is 203 g/mol. The summed E-state index contributed by atoms with van der Waals surface area (Å²) in [7, 11) is 0. The summed E-state index contributed by atoms with van der Waals surface area (Å²) in [5.74, 6) is 0. The highest BCUT2D eigenvalue weighted by molar-refractivity contribution is 5.68. The first-order chi connectivity index (χ1) is 7.15. The standard InChI is InChI=1S/C14H21N/c1-4-7-13(10-12(3)15)14-9-6-5-8-11(14)2/h5-9,12H,4,10,15H2,1-3H3/b13-7-. The van der Waals surface area contributed by atoms with Gasteiger partial charge in [0.15, 0.2) is 0 Å². The summed E-state index contributed by atoms with van der Waals surface area (Å²) >= 11 is 0. The second kappa shape index (κ2) is 5.72. The van der Waals surface area contributed by atoms with Crippen LogP contribution < -0.4 is 5.73 Å². The third-order valence-corrected chi connectivity index (χ3v) is 2.48. The molecule has 15 heavy (non-hydrogen) atoms. The van der Waals surface area contributed by atoms with Crippen LogP contribution in [0.1, 0.15) is 37.8 Å². The third kappa shape index (κ3) is 3.52. The van der Waals surface area contributed by atoms with Gasteiger partial charge in [-0.3, -0.25) is 0 Å². The van der Waals surface area contributed by atoms with Gasteiger partial charge in [0.2, 0.25) is 0 Å². The summed E-state index contributed by atoms with van der Waals surface area (Å²) in [4.78, 5) is 0. The van der Waals surface area contributed by atoms with Crippen molar-refractivity contribution in [2.45, 2.75) is 39.7 Å². The summed E-state index contributed by atoms with van der Waals surface area (Å²) in [5.41, 5.74) is 9.93. The first-order valence-electron chi connectivity index (χ1n) is 5.65. The maximum absolute atomic E-state index is 5.87. The van der Waals surface area contributed by atoms with Crippen LogP contribution in [0.4, 0.5) is 0 Å². The van der Waals surface area contributed by atoms with Crippen LogP contribution >= 0.6 is 0 Å². The minimum Gasteiger partial charge on any atom is -0.328 e. The van der Waals surface area contributed by atoms with E-state index in [2.05, 4.69) is 51.1 Å². The molecule has 0 radical (unpaired) electrons. The van der Waals surface area contributed by atoms with E-state index in [1.807, 2.05) is 0 Å². The van der Waals surface area contributed by atoms with E-state index in [4.69, 9.17) is 5.73 Å². The number of hydrogen-bond donors (Lipinski definition) is 1. The van der Waals surface area contributed by atoms with Crippen molar-refractivity contribution in [3.63, 3.8) is 0 Å². The lowest BCUT2D eigenvalue weighted by molar-refractivity contribution is 0.765. The zero-order chi connectivity index (χ0) is 11.3. The molecule has 1 atom stereocenters. The predicted molar refractivity (Wildman–Crippen MR) is 67.7 cm³/mol. The monoisotopic (exact) mass is 203 g/mol. The Kier molecular flexibility index (Phi) is 4.57. The van der Waals surface area contributed by atoms with E-state index in [0.29, 0.717) is 0 Å². The van der Waals surface area contributed by atoms with Gasteiger partial charge in [0.05, 0.1) is 0 Å². The van der Waals surface area contributed by atoms with Crippen LogP contribution in [0.2, 0.25) is 0 Å². The Morgan fingerprint density at radius 1 is 1.40 bits per heavy atom. The predicted octanol–water partition coefficient (Wildman–Crippen LogP) is 3.53. The Morgan fingerprint density at radius 2 is 2.07 bits per heavy atom. The van der Waals surface area contributed by atoms with Gasteiger partial charge in [-0.25, -0.2) is 0 Å². The van der Waals surface area contributed by atoms with Crippen molar-refractivity contribution < 1.29 is 0 Å². The second-order valence-corrected chi connectivity index (χ2v) is 4.13. The lowest BCUT2D eigenvalue weighted by Gasteiger charge is -2.13. The van der Waals surface area contributed by atoms with Crippen LogP contribution in [0, 0.1) is 6.92 Å². The fourth-order valence-electron chi connectivity index (χ4n) is 1.83. The Balaban J connectivity index is 3.00. The van der Waals surface area contributed by atoms with Crippen molar-refractivity contribution in [3.05, 3.63) is 41.5 Å². The van der Waals surface area contributed by atoms with Gasteiger partial charge < -0.3 is 5.73 Å². The van der Waals surface area contributed by atoms with Gasteiger partial charge in [-0.05, 0) is 43.4 Å². The molecule has 1 nitrogen and oxygen atoms in total. The lowest BCUT2D eigenvalue weighted by Crippen LogP contribution is -2.15. The first kappa shape index (κ1) is 12.0. The Morgan fingerprint density at radius 3 is 2.60 bits per heavy atom. The molecule has 0 fully saturated rings. The van der Waals surface area contributed by atoms with Gasteiger partial charge in [0.1, 0.15) is 0 Å². The van der Waals surface area contributed by atoms with Crippen LogP contribution in [-0.4, -0.2) is 6.04 Å². The lowest BCUT2D eigenvalue weighted by atomic mass is 9.95. The van der Waals surface area contributed by atoms with Crippen molar-refractivity contribution in [3.8, 4) is 0 Å². The van der Waals surface area contributed by atoms with Gasteiger partial charge in [0, 0.05) is 6.04 Å². The maximum atomic E-state index is 5.87. The molecule has 1 rings (SSSR count). The molecule has 0 saturated carbocycles. The van der Waals surface area contributed by atoms with Crippen molar-refractivity contribution in [1.29, 1.82) is 0 Å². The summed E-state index contributed by atoms with van der Waals surface area (Å²) in [6, 6.07) is 8.72. The quantitative estimate of drug-likeness (QED) is 0.796. The number of benzene rings is 1. The molecule has 0 amide bonds. The molecule has 0 aliphatic rings. The van der Waals surface area contributed by atoms with E-state index in [1.54, 1.807) is 0 Å². The number of allylic oxidation sites excluding steroid dienone is 1. The van der Waals surface area contributed by atoms with Gasteiger partial charge in [-0.15, -0.1) is 0 Å². The molecule has 1 heteroatoms. The van der Waals surface area contributed by atoms with Crippen molar-refractivity contribution in [1.82, 2.24) is 0 Å². The zero-order valence-electron chi connectivity index (χ0n) is 9.96. The van der Waals surface area contributed by atoms with Crippen LogP contribution in [-0.2, 0) is 0 Å². The molecule has 2 N–H and O–H groups in total. The molecule has 0 saturated heterocycles. The fourth-order valence-corrected chi connectivity index (χ4v) is 1.83. The van der Waals surface area contributed by atoms with E-state index in [-0.39, 0.29) is 6.04 Å². The fraction of sp³-hybridized carbons (Fsp3) is 0.429. The molecule has 0 aliphatic carbocycles. The van der Waals surface area contributed by atoms with E-state index < -0.39 is 0 Å². The molecule has 0 aromatic heterocycles. The van der Waals surface area contributed by atoms with Gasteiger partial charge in [-0.1, -0.05) is 37.3 Å². The number of hydrogen-bond acceptors (Lipinski definition) is 1. The van der Waals surface area contributed by atoms with Gasteiger partial charge in [-0.2, -0.15) is 0 Å².